The number of hydrogen-bond acceptors (Lipinski definition) is 4. The lowest BCUT2D eigenvalue weighted by Crippen LogP contribution is -2.22. The van der Waals surface area contributed by atoms with Crippen LogP contribution in [0.1, 0.15) is 6.92 Å². The lowest BCUT2D eigenvalue weighted by atomic mass is 10.4. The highest BCUT2D eigenvalue weighted by Gasteiger charge is 2.05. The van der Waals surface area contributed by atoms with Gasteiger partial charge in [-0.2, -0.15) is 0 Å². The fourth-order valence-electron chi connectivity index (χ4n) is 1.06. The molecule has 1 aromatic rings. The fraction of sp³-hybridized carbons (Fsp3) is 0.500. The summed E-state index contributed by atoms with van der Waals surface area (Å²) >= 11 is 5.61. The molecule has 4 nitrogen and oxygen atoms in total. The molecule has 14 heavy (non-hydrogen) atoms. The Hall–Kier alpha value is -0.680. The number of rotatable bonds is 4. The molecular weight excluding hydrogens is 222 g/mol. The van der Waals surface area contributed by atoms with Crippen LogP contribution >= 0.6 is 11.6 Å². The van der Waals surface area contributed by atoms with Crippen molar-refractivity contribution < 1.29 is 4.21 Å². The second kappa shape index (κ2) is 5.26. The maximum atomic E-state index is 10.9. The monoisotopic (exact) mass is 233 g/mol. The topological polar surface area (TPSA) is 54.9 Å². The Morgan fingerprint density at radius 3 is 3.00 bits per heavy atom. The molecule has 2 unspecified atom stereocenters. The summed E-state index contributed by atoms with van der Waals surface area (Å²) in [4.78, 5) is 7.73. The molecule has 0 bridgehead atoms. The Balaban J connectivity index is 2.55. The zero-order valence-corrected chi connectivity index (χ0v) is 9.60. The highest BCUT2D eigenvalue weighted by Crippen LogP contribution is 2.07. The number of hydrogen-bond donors (Lipinski definition) is 1. The first-order valence-corrected chi connectivity index (χ1v) is 6.23. The molecule has 0 aliphatic heterocycles. The second-order valence-electron chi connectivity index (χ2n) is 3.00. The van der Waals surface area contributed by atoms with Crippen molar-refractivity contribution in [3.63, 3.8) is 0 Å². The molecule has 78 valence electrons. The molecule has 0 aromatic carbocycles. The van der Waals surface area contributed by atoms with E-state index in [-0.39, 0.29) is 11.3 Å². The molecular formula is C8H12ClN3OS. The van der Waals surface area contributed by atoms with E-state index >= 15 is 0 Å². The molecule has 0 spiro atoms. The minimum absolute atomic E-state index is 0.104. The van der Waals surface area contributed by atoms with Gasteiger partial charge < -0.3 is 5.32 Å². The van der Waals surface area contributed by atoms with Gasteiger partial charge >= 0.3 is 0 Å². The summed E-state index contributed by atoms with van der Waals surface area (Å²) in [7, 11) is -0.814. The van der Waals surface area contributed by atoms with Gasteiger partial charge in [0.05, 0.1) is 0 Å². The lowest BCUT2D eigenvalue weighted by Gasteiger charge is -2.12. The third kappa shape index (κ3) is 4.02. The summed E-state index contributed by atoms with van der Waals surface area (Å²) in [5.74, 6) is 1.24. The summed E-state index contributed by atoms with van der Waals surface area (Å²) < 4.78 is 10.9. The number of halogens is 1. The summed E-state index contributed by atoms with van der Waals surface area (Å²) in [5.41, 5.74) is 0. The fourth-order valence-corrected chi connectivity index (χ4v) is 2.00. The van der Waals surface area contributed by atoms with E-state index in [0.717, 1.165) is 0 Å². The maximum absolute atomic E-state index is 10.9. The van der Waals surface area contributed by atoms with E-state index in [1.807, 2.05) is 6.92 Å². The van der Waals surface area contributed by atoms with Gasteiger partial charge in [-0.25, -0.2) is 9.97 Å². The molecule has 0 radical (unpaired) electrons. The zero-order valence-electron chi connectivity index (χ0n) is 8.03. The predicted octanol–water partition coefficient (Wildman–Crippen LogP) is 1.31. The summed E-state index contributed by atoms with van der Waals surface area (Å²) in [5, 5.41) is 3.29. The van der Waals surface area contributed by atoms with Gasteiger partial charge in [0.25, 0.3) is 0 Å². The van der Waals surface area contributed by atoms with Crippen LogP contribution in [0, 0.1) is 0 Å². The summed E-state index contributed by atoms with van der Waals surface area (Å²) in [6, 6.07) is 1.83. The van der Waals surface area contributed by atoms with E-state index in [2.05, 4.69) is 15.3 Å². The van der Waals surface area contributed by atoms with Crippen molar-refractivity contribution in [1.82, 2.24) is 9.97 Å². The van der Waals surface area contributed by atoms with Crippen LogP contribution in [0.15, 0.2) is 12.3 Å². The SMILES string of the molecule is CC(CS(C)=O)Nc1ccnc(Cl)n1. The second-order valence-corrected chi connectivity index (χ2v) is 4.81. The van der Waals surface area contributed by atoms with Crippen LogP contribution < -0.4 is 5.32 Å². The normalized spacial score (nSPS) is 14.8. The Kier molecular flexibility index (Phi) is 4.28. The third-order valence-electron chi connectivity index (χ3n) is 1.51. The molecule has 0 fully saturated rings. The van der Waals surface area contributed by atoms with Crippen LogP contribution in [-0.4, -0.2) is 32.2 Å². The van der Waals surface area contributed by atoms with Gasteiger partial charge in [0.2, 0.25) is 5.28 Å². The molecule has 0 aliphatic carbocycles. The van der Waals surface area contributed by atoms with Crippen LogP contribution in [-0.2, 0) is 10.8 Å². The minimum atomic E-state index is -0.814. The van der Waals surface area contributed by atoms with Gasteiger partial charge in [0.1, 0.15) is 5.82 Å². The van der Waals surface area contributed by atoms with Crippen LogP contribution in [0.5, 0.6) is 0 Å². The number of nitrogens with zero attached hydrogens (tertiary/aromatic N) is 2. The molecule has 2 atom stereocenters. The molecule has 0 aliphatic rings. The van der Waals surface area contributed by atoms with E-state index in [1.54, 1.807) is 18.5 Å². The third-order valence-corrected chi connectivity index (χ3v) is 2.66. The largest absolute Gasteiger partial charge is 0.367 e. The Bertz CT molecular complexity index is 334. The molecule has 0 amide bonds. The van der Waals surface area contributed by atoms with E-state index in [4.69, 9.17) is 11.6 Å². The average molecular weight is 234 g/mol. The number of nitrogens with one attached hydrogen (secondary N) is 1. The van der Waals surface area contributed by atoms with Crippen molar-refractivity contribution in [3.05, 3.63) is 17.5 Å². The molecule has 1 rings (SSSR count). The zero-order chi connectivity index (χ0) is 10.6. The average Bonchev–Trinajstić information content (AvgIpc) is 2.01. The van der Waals surface area contributed by atoms with Crippen molar-refractivity contribution in [1.29, 1.82) is 0 Å². The van der Waals surface area contributed by atoms with Crippen molar-refractivity contribution in [2.75, 3.05) is 17.3 Å². The van der Waals surface area contributed by atoms with Crippen LogP contribution in [0.2, 0.25) is 5.28 Å². The Labute approximate surface area is 90.6 Å². The number of anilines is 1. The molecule has 1 aromatic heterocycles. The van der Waals surface area contributed by atoms with E-state index in [9.17, 15) is 4.21 Å². The van der Waals surface area contributed by atoms with Crippen LogP contribution in [0.3, 0.4) is 0 Å². The minimum Gasteiger partial charge on any atom is -0.367 e. The van der Waals surface area contributed by atoms with Crippen molar-refractivity contribution >= 4 is 28.2 Å². The molecule has 0 saturated heterocycles. The lowest BCUT2D eigenvalue weighted by molar-refractivity contribution is 0.683. The predicted molar refractivity (Wildman–Crippen MR) is 59.1 cm³/mol. The van der Waals surface area contributed by atoms with Crippen LogP contribution in [0.4, 0.5) is 5.82 Å². The first-order chi connectivity index (χ1) is 6.58. The molecule has 1 heterocycles. The van der Waals surface area contributed by atoms with Gasteiger partial charge in [-0.1, -0.05) is 0 Å². The summed E-state index contributed by atoms with van der Waals surface area (Å²) in [6.07, 6.45) is 3.25. The van der Waals surface area contributed by atoms with Gasteiger partial charge in [-0.3, -0.25) is 4.21 Å². The first-order valence-electron chi connectivity index (χ1n) is 4.13. The number of aromatic nitrogens is 2. The maximum Gasteiger partial charge on any atom is 0.224 e. The van der Waals surface area contributed by atoms with Gasteiger partial charge in [0, 0.05) is 35.0 Å². The Morgan fingerprint density at radius 2 is 2.43 bits per heavy atom. The molecule has 0 saturated carbocycles. The smallest absolute Gasteiger partial charge is 0.224 e. The van der Waals surface area contributed by atoms with E-state index < -0.39 is 10.8 Å². The van der Waals surface area contributed by atoms with E-state index in [0.29, 0.717) is 11.6 Å². The van der Waals surface area contributed by atoms with Gasteiger partial charge in [0.15, 0.2) is 0 Å². The molecule has 1 N–H and O–H groups in total. The highest BCUT2D eigenvalue weighted by molar-refractivity contribution is 7.84. The van der Waals surface area contributed by atoms with Crippen molar-refractivity contribution in [3.8, 4) is 0 Å². The quantitative estimate of drug-likeness (QED) is 0.797. The van der Waals surface area contributed by atoms with Crippen LogP contribution in [0.25, 0.3) is 0 Å². The standard InChI is InChI=1S/C8H12ClN3OS/c1-6(5-14(2)13)11-7-3-4-10-8(9)12-7/h3-4,6H,5H2,1-2H3,(H,10,11,12). The van der Waals surface area contributed by atoms with Crippen molar-refractivity contribution in [2.24, 2.45) is 0 Å². The highest BCUT2D eigenvalue weighted by atomic mass is 35.5. The van der Waals surface area contributed by atoms with Gasteiger partial charge in [-0.15, -0.1) is 0 Å². The van der Waals surface area contributed by atoms with Crippen molar-refractivity contribution in [2.45, 2.75) is 13.0 Å². The van der Waals surface area contributed by atoms with E-state index in [1.165, 1.54) is 0 Å². The summed E-state index contributed by atoms with van der Waals surface area (Å²) in [6.45, 7) is 1.94. The Morgan fingerprint density at radius 1 is 1.71 bits per heavy atom. The molecule has 6 heteroatoms. The van der Waals surface area contributed by atoms with Gasteiger partial charge in [-0.05, 0) is 24.6 Å². The first kappa shape index (κ1) is 11.4.